The maximum absolute atomic E-state index is 12.6. The lowest BCUT2D eigenvalue weighted by Crippen LogP contribution is -2.08. The molecule has 0 amide bonds. The molecule has 3 saturated carbocycles. The van der Waals surface area contributed by atoms with Crippen molar-refractivity contribution in [3.63, 3.8) is 0 Å². The van der Waals surface area contributed by atoms with Crippen LogP contribution in [0.1, 0.15) is 207 Å². The van der Waals surface area contributed by atoms with Crippen molar-refractivity contribution in [1.29, 1.82) is 0 Å². The summed E-state index contributed by atoms with van der Waals surface area (Å²) < 4.78 is 50.4. The second-order valence-electron chi connectivity index (χ2n) is 16.9. The van der Waals surface area contributed by atoms with E-state index in [0.29, 0.717) is 22.3 Å². The highest BCUT2D eigenvalue weighted by Gasteiger charge is 2.14. The maximum Gasteiger partial charge on any atom is 0.161 e. The van der Waals surface area contributed by atoms with Crippen molar-refractivity contribution in [2.24, 2.45) is 35.5 Å². The van der Waals surface area contributed by atoms with Crippen molar-refractivity contribution in [2.75, 3.05) is 0 Å². The van der Waals surface area contributed by atoms with Gasteiger partial charge in [0.25, 0.3) is 0 Å². The fourth-order valence-corrected chi connectivity index (χ4v) is 6.42. The molecular formula is C55H106F4. The average molecular weight is 843 g/mol. The SMILES string of the molecule is C.C.C.C.C.C.C.CC1CCC(C)CC1.CC1CCC(C)CC1.CC1CCC(C)CC1.Cc1ccc(C)c(F)c1.Cc1ccc(C)c(F)c1.Cc1ccc(C)c(F)c1F.[HH].[HH]. The summed E-state index contributed by atoms with van der Waals surface area (Å²) >= 11 is 0. The minimum Gasteiger partial charge on any atom is -0.207 e. The second-order valence-corrected chi connectivity index (χ2v) is 16.9. The number of aryl methyl sites for hydroxylation is 6. The first-order chi connectivity index (χ1) is 24.4. The summed E-state index contributed by atoms with van der Waals surface area (Å²) in [7, 11) is 0. The zero-order valence-electron chi connectivity index (χ0n) is 35.1. The highest BCUT2D eigenvalue weighted by Crippen LogP contribution is 2.28. The molecule has 0 atom stereocenters. The molecule has 3 fully saturated rings. The molecule has 0 heterocycles. The molecule has 0 aliphatic heterocycles. The molecule has 0 aromatic heterocycles. The van der Waals surface area contributed by atoms with Crippen molar-refractivity contribution >= 4 is 0 Å². The van der Waals surface area contributed by atoms with Crippen LogP contribution in [0.25, 0.3) is 0 Å². The van der Waals surface area contributed by atoms with E-state index in [4.69, 9.17) is 0 Å². The van der Waals surface area contributed by atoms with E-state index >= 15 is 0 Å². The van der Waals surface area contributed by atoms with Crippen LogP contribution in [0.5, 0.6) is 0 Å². The minimum atomic E-state index is -0.736. The Morgan fingerprint density at radius 3 is 0.644 bits per heavy atom. The first-order valence-electron chi connectivity index (χ1n) is 20.3. The second kappa shape index (κ2) is 38.3. The van der Waals surface area contributed by atoms with Crippen LogP contribution >= 0.6 is 0 Å². The fourth-order valence-electron chi connectivity index (χ4n) is 6.42. The lowest BCUT2D eigenvalue weighted by molar-refractivity contribution is 0.308. The Bertz CT molecular complexity index is 1250. The van der Waals surface area contributed by atoms with E-state index in [1.807, 2.05) is 26.0 Å². The summed E-state index contributed by atoms with van der Waals surface area (Å²) in [4.78, 5) is 0. The van der Waals surface area contributed by atoms with Crippen molar-refractivity contribution in [3.05, 3.63) is 105 Å². The smallest absolute Gasteiger partial charge is 0.161 e. The molecule has 3 aliphatic carbocycles. The molecule has 0 bridgehead atoms. The van der Waals surface area contributed by atoms with Crippen molar-refractivity contribution in [1.82, 2.24) is 0 Å². The Morgan fingerprint density at radius 2 is 0.492 bits per heavy atom. The summed E-state index contributed by atoms with van der Waals surface area (Å²) in [6.45, 7) is 24.6. The van der Waals surface area contributed by atoms with Gasteiger partial charge in [-0.1, -0.05) is 207 Å². The lowest BCUT2D eigenvalue weighted by atomic mass is 9.84. The molecule has 0 nitrogen and oxygen atoms in total. The summed E-state index contributed by atoms with van der Waals surface area (Å²) in [5.74, 6) is 4.41. The summed E-state index contributed by atoms with van der Waals surface area (Å²) in [5, 5.41) is 0. The molecule has 59 heavy (non-hydrogen) atoms. The summed E-state index contributed by atoms with van der Waals surface area (Å²) in [5.41, 5.74) is 4.06. The normalized spacial score (nSPS) is 20.8. The van der Waals surface area contributed by atoms with Gasteiger partial charge in [0.1, 0.15) is 11.6 Å². The predicted octanol–water partition coefficient (Wildman–Crippen LogP) is 20.9. The van der Waals surface area contributed by atoms with Crippen LogP contribution in [0.4, 0.5) is 17.6 Å². The van der Waals surface area contributed by atoms with Crippen LogP contribution in [-0.2, 0) is 0 Å². The first kappa shape index (κ1) is 70.9. The van der Waals surface area contributed by atoms with Crippen molar-refractivity contribution in [3.8, 4) is 0 Å². The third-order valence-corrected chi connectivity index (χ3v) is 11.0. The molecule has 0 radical (unpaired) electrons. The van der Waals surface area contributed by atoms with E-state index in [1.54, 1.807) is 38.1 Å². The molecule has 0 saturated heterocycles. The standard InChI is InChI=1S/C8H8F2.2C8H9F.3C8H16.7CH4.2H2/c1-5-3-4-6(2)8(10)7(5)9;2*1-6-3-4-7(2)8(9)5-6;3*1-7-3-5-8(2)6-4-7;;;;;;;;;/h3-4H,1-2H3;2*3-5H,1-2H3;3*7-8H,3-6H2,1-2H3;7*1H4;2*1H. The molecule has 354 valence electrons. The Hall–Kier alpha value is -2.62. The van der Waals surface area contributed by atoms with Crippen LogP contribution in [-0.4, -0.2) is 0 Å². The molecule has 0 N–H and O–H groups in total. The fraction of sp³-hybridized carbons (Fsp3) is 0.673. The molecule has 3 aromatic rings. The molecule has 4 heteroatoms. The Morgan fingerprint density at radius 1 is 0.322 bits per heavy atom. The van der Waals surface area contributed by atoms with E-state index in [9.17, 15) is 17.6 Å². The van der Waals surface area contributed by atoms with Gasteiger partial charge in [0, 0.05) is 2.85 Å². The molecular weight excluding hydrogens is 737 g/mol. The van der Waals surface area contributed by atoms with E-state index in [0.717, 1.165) is 46.6 Å². The average Bonchev–Trinajstić information content (AvgIpc) is 3.11. The lowest BCUT2D eigenvalue weighted by Gasteiger charge is -2.22. The largest absolute Gasteiger partial charge is 0.207 e. The molecule has 3 aliphatic rings. The van der Waals surface area contributed by atoms with Gasteiger partial charge in [-0.25, -0.2) is 17.6 Å². The topological polar surface area (TPSA) is 0 Å². The van der Waals surface area contributed by atoms with Crippen molar-refractivity contribution in [2.45, 2.75) is 212 Å². The van der Waals surface area contributed by atoms with E-state index in [1.165, 1.54) is 103 Å². The van der Waals surface area contributed by atoms with Gasteiger partial charge in [0.2, 0.25) is 0 Å². The zero-order chi connectivity index (χ0) is 39.4. The third kappa shape index (κ3) is 31.9. The summed E-state index contributed by atoms with van der Waals surface area (Å²) in [6.07, 6.45) is 17.7. The molecule has 0 spiro atoms. The number of hydrogen-bond acceptors (Lipinski definition) is 0. The quantitative estimate of drug-likeness (QED) is 0.198. The minimum absolute atomic E-state index is 0. The number of benzene rings is 3. The number of rotatable bonds is 0. The number of hydrogen-bond donors (Lipinski definition) is 0. The monoisotopic (exact) mass is 843 g/mol. The van der Waals surface area contributed by atoms with Gasteiger partial charge in [0.15, 0.2) is 11.6 Å². The Balaban J connectivity index is -0.0000000739. The van der Waals surface area contributed by atoms with Gasteiger partial charge in [-0.15, -0.1) is 0 Å². The molecule has 3 aromatic carbocycles. The zero-order valence-corrected chi connectivity index (χ0v) is 35.1. The maximum atomic E-state index is 12.6. The van der Waals surface area contributed by atoms with Crippen LogP contribution < -0.4 is 0 Å². The Labute approximate surface area is 372 Å². The van der Waals surface area contributed by atoms with Gasteiger partial charge >= 0.3 is 0 Å². The van der Waals surface area contributed by atoms with Crippen molar-refractivity contribution < 1.29 is 20.4 Å². The molecule has 0 unspecified atom stereocenters. The van der Waals surface area contributed by atoms with Crippen LogP contribution in [0.2, 0.25) is 0 Å². The third-order valence-electron chi connectivity index (χ3n) is 11.0. The van der Waals surface area contributed by atoms with Gasteiger partial charge in [-0.2, -0.15) is 0 Å². The highest BCUT2D eigenvalue weighted by molar-refractivity contribution is 5.24. The number of halogens is 4. The first-order valence-corrected chi connectivity index (χ1v) is 20.3. The van der Waals surface area contributed by atoms with E-state index in [-0.39, 0.29) is 66.5 Å². The van der Waals surface area contributed by atoms with Gasteiger partial charge < -0.3 is 0 Å². The molecule has 6 rings (SSSR count). The van der Waals surface area contributed by atoms with Gasteiger partial charge in [-0.3, -0.25) is 0 Å². The summed E-state index contributed by atoms with van der Waals surface area (Å²) in [6, 6.07) is 13.6. The van der Waals surface area contributed by atoms with E-state index < -0.39 is 11.6 Å². The predicted molar refractivity (Wildman–Crippen MR) is 269 cm³/mol. The van der Waals surface area contributed by atoms with Crippen LogP contribution in [0.3, 0.4) is 0 Å². The van der Waals surface area contributed by atoms with E-state index in [2.05, 4.69) is 41.5 Å². The van der Waals surface area contributed by atoms with Crippen LogP contribution in [0.15, 0.2) is 48.5 Å². The Kier molecular flexibility index (Phi) is 46.0. The van der Waals surface area contributed by atoms with Gasteiger partial charge in [0.05, 0.1) is 0 Å². The van der Waals surface area contributed by atoms with Gasteiger partial charge in [-0.05, 0) is 123 Å². The van der Waals surface area contributed by atoms with Crippen LogP contribution in [0, 0.1) is 100 Å². The highest BCUT2D eigenvalue weighted by atomic mass is 19.2.